The van der Waals surface area contributed by atoms with Crippen LogP contribution in [0.2, 0.25) is 0 Å². The van der Waals surface area contributed by atoms with Gasteiger partial charge in [0.05, 0.1) is 5.75 Å². The van der Waals surface area contributed by atoms with E-state index in [0.29, 0.717) is 6.42 Å². The minimum Gasteiger partial charge on any atom is -0.326 e. The van der Waals surface area contributed by atoms with E-state index in [9.17, 15) is 8.42 Å². The second-order valence-electron chi connectivity index (χ2n) is 3.20. The topological polar surface area (TPSA) is 80.4 Å². The van der Waals surface area contributed by atoms with Gasteiger partial charge in [-0.2, -0.15) is 8.42 Å². The first-order valence-electron chi connectivity index (χ1n) is 4.22. The van der Waals surface area contributed by atoms with Gasteiger partial charge >= 0.3 is 0 Å². The minimum atomic E-state index is -3.97. The van der Waals surface area contributed by atoms with Crippen molar-refractivity contribution in [3.8, 4) is 0 Å². The van der Waals surface area contributed by atoms with Gasteiger partial charge in [-0.25, -0.2) is 0 Å². The molecule has 0 radical (unpaired) electrons. The molecule has 0 aromatic heterocycles. The van der Waals surface area contributed by atoms with Crippen LogP contribution in [-0.2, 0) is 16.5 Å². The molecule has 0 amide bonds. The number of nitrogens with two attached hydrogens (primary N) is 1. The first-order valence-corrected chi connectivity index (χ1v) is 5.83. The Balaban J connectivity index is 2.54. The average Bonchev–Trinajstić information content (AvgIpc) is 2.02. The van der Waals surface area contributed by atoms with Crippen molar-refractivity contribution in [2.75, 3.05) is 5.75 Å². The SMILES string of the molecule is N[C@@H](Cc1ccccc1)CS(=O)(=O)O. The van der Waals surface area contributed by atoms with Crippen LogP contribution in [0.5, 0.6) is 0 Å². The third kappa shape index (κ3) is 4.36. The third-order valence-corrected chi connectivity index (χ3v) is 2.61. The van der Waals surface area contributed by atoms with Crippen molar-refractivity contribution in [2.45, 2.75) is 12.5 Å². The molecule has 78 valence electrons. The Kier molecular flexibility index (Phi) is 3.62. The summed E-state index contributed by atoms with van der Waals surface area (Å²) in [7, 11) is -3.97. The van der Waals surface area contributed by atoms with Crippen molar-refractivity contribution in [1.82, 2.24) is 0 Å². The van der Waals surface area contributed by atoms with E-state index in [1.807, 2.05) is 30.3 Å². The van der Waals surface area contributed by atoms with E-state index in [2.05, 4.69) is 0 Å². The van der Waals surface area contributed by atoms with Gasteiger partial charge in [-0.05, 0) is 12.0 Å². The predicted octanol–water partition coefficient (Wildman–Crippen LogP) is 0.444. The summed E-state index contributed by atoms with van der Waals surface area (Å²) in [5.41, 5.74) is 6.51. The van der Waals surface area contributed by atoms with Gasteiger partial charge in [-0.3, -0.25) is 4.55 Å². The fourth-order valence-corrected chi connectivity index (χ4v) is 1.91. The lowest BCUT2D eigenvalue weighted by Crippen LogP contribution is -2.31. The lowest BCUT2D eigenvalue weighted by molar-refractivity contribution is 0.476. The summed E-state index contributed by atoms with van der Waals surface area (Å²) in [6.45, 7) is 0. The van der Waals surface area contributed by atoms with Crippen molar-refractivity contribution in [3.05, 3.63) is 35.9 Å². The normalized spacial score (nSPS) is 13.9. The number of benzene rings is 1. The van der Waals surface area contributed by atoms with E-state index in [-0.39, 0.29) is 0 Å². The maximum absolute atomic E-state index is 10.5. The predicted molar refractivity (Wildman–Crippen MR) is 54.5 cm³/mol. The first kappa shape index (κ1) is 11.2. The Morgan fingerprint density at radius 2 is 1.86 bits per heavy atom. The molecule has 0 aliphatic heterocycles. The van der Waals surface area contributed by atoms with Crippen LogP contribution >= 0.6 is 0 Å². The highest BCUT2D eigenvalue weighted by Crippen LogP contribution is 2.02. The molecule has 0 saturated carbocycles. The molecule has 1 aromatic carbocycles. The molecule has 0 heterocycles. The molecule has 0 unspecified atom stereocenters. The van der Waals surface area contributed by atoms with E-state index in [0.717, 1.165) is 5.56 Å². The summed E-state index contributed by atoms with van der Waals surface area (Å²) in [4.78, 5) is 0. The molecule has 5 heteroatoms. The molecular formula is C9H13NO3S. The highest BCUT2D eigenvalue weighted by molar-refractivity contribution is 7.85. The van der Waals surface area contributed by atoms with Gasteiger partial charge < -0.3 is 5.73 Å². The number of hydrogen-bond donors (Lipinski definition) is 2. The molecule has 0 saturated heterocycles. The van der Waals surface area contributed by atoms with Gasteiger partial charge in [0.1, 0.15) is 0 Å². The highest BCUT2D eigenvalue weighted by Gasteiger charge is 2.12. The molecule has 0 fully saturated rings. The van der Waals surface area contributed by atoms with E-state index in [4.69, 9.17) is 10.3 Å². The quantitative estimate of drug-likeness (QED) is 0.714. The molecule has 0 spiro atoms. The van der Waals surface area contributed by atoms with Gasteiger partial charge in [0.15, 0.2) is 0 Å². The zero-order valence-corrected chi connectivity index (χ0v) is 8.44. The van der Waals surface area contributed by atoms with Gasteiger partial charge in [-0.15, -0.1) is 0 Å². The molecule has 1 aromatic rings. The van der Waals surface area contributed by atoms with Gasteiger partial charge in [0.25, 0.3) is 10.1 Å². The van der Waals surface area contributed by atoms with Gasteiger partial charge in [0, 0.05) is 6.04 Å². The van der Waals surface area contributed by atoms with E-state index >= 15 is 0 Å². The van der Waals surface area contributed by atoms with Crippen molar-refractivity contribution in [1.29, 1.82) is 0 Å². The molecule has 3 N–H and O–H groups in total. The number of hydrogen-bond acceptors (Lipinski definition) is 3. The van der Waals surface area contributed by atoms with Crippen LogP contribution in [0, 0.1) is 0 Å². The van der Waals surface area contributed by atoms with Crippen LogP contribution in [0.4, 0.5) is 0 Å². The van der Waals surface area contributed by atoms with Crippen molar-refractivity contribution in [3.63, 3.8) is 0 Å². The maximum atomic E-state index is 10.5. The van der Waals surface area contributed by atoms with Crippen LogP contribution in [-0.4, -0.2) is 24.8 Å². The number of rotatable bonds is 4. The Morgan fingerprint density at radius 3 is 2.36 bits per heavy atom. The Morgan fingerprint density at radius 1 is 1.29 bits per heavy atom. The van der Waals surface area contributed by atoms with Crippen molar-refractivity contribution < 1.29 is 13.0 Å². The second-order valence-corrected chi connectivity index (χ2v) is 4.70. The van der Waals surface area contributed by atoms with Crippen LogP contribution in [0.1, 0.15) is 5.56 Å². The fraction of sp³-hybridized carbons (Fsp3) is 0.333. The summed E-state index contributed by atoms with van der Waals surface area (Å²) < 4.78 is 29.6. The van der Waals surface area contributed by atoms with E-state index in [1.165, 1.54) is 0 Å². The Labute approximate surface area is 83.5 Å². The molecule has 0 aliphatic carbocycles. The molecule has 0 aliphatic rings. The third-order valence-electron chi connectivity index (χ3n) is 1.77. The van der Waals surface area contributed by atoms with Crippen LogP contribution < -0.4 is 5.73 Å². The van der Waals surface area contributed by atoms with Crippen LogP contribution in [0.15, 0.2) is 30.3 Å². The zero-order chi connectivity index (χ0) is 10.6. The highest BCUT2D eigenvalue weighted by atomic mass is 32.2. The van der Waals surface area contributed by atoms with E-state index < -0.39 is 21.9 Å². The first-order chi connectivity index (χ1) is 6.47. The lowest BCUT2D eigenvalue weighted by atomic mass is 10.1. The Bertz CT molecular complexity index is 374. The van der Waals surface area contributed by atoms with Crippen LogP contribution in [0.3, 0.4) is 0 Å². The van der Waals surface area contributed by atoms with Gasteiger partial charge in [0.2, 0.25) is 0 Å². The average molecular weight is 215 g/mol. The summed E-state index contributed by atoms with van der Waals surface area (Å²) in [5.74, 6) is -0.401. The zero-order valence-electron chi connectivity index (χ0n) is 7.63. The smallest absolute Gasteiger partial charge is 0.266 e. The monoisotopic (exact) mass is 215 g/mol. The largest absolute Gasteiger partial charge is 0.326 e. The molecule has 4 nitrogen and oxygen atoms in total. The van der Waals surface area contributed by atoms with Crippen molar-refractivity contribution in [2.24, 2.45) is 5.73 Å². The summed E-state index contributed by atoms with van der Waals surface area (Å²) in [6, 6.07) is 8.75. The van der Waals surface area contributed by atoms with Gasteiger partial charge in [-0.1, -0.05) is 30.3 Å². The molecule has 14 heavy (non-hydrogen) atoms. The summed E-state index contributed by atoms with van der Waals surface area (Å²) >= 11 is 0. The molecule has 1 rings (SSSR count). The minimum absolute atomic E-state index is 0.401. The molecule has 0 bridgehead atoms. The van der Waals surface area contributed by atoms with E-state index in [1.54, 1.807) is 0 Å². The second kappa shape index (κ2) is 4.54. The lowest BCUT2D eigenvalue weighted by Gasteiger charge is -2.08. The maximum Gasteiger partial charge on any atom is 0.266 e. The standard InChI is InChI=1S/C9H13NO3S/c10-9(7-14(11,12)13)6-8-4-2-1-3-5-8/h1-5,9H,6-7,10H2,(H,11,12,13)/t9-/m0/s1. The molecular weight excluding hydrogens is 202 g/mol. The van der Waals surface area contributed by atoms with Crippen molar-refractivity contribution >= 4 is 10.1 Å². The summed E-state index contributed by atoms with van der Waals surface area (Å²) in [5, 5.41) is 0. The Hall–Kier alpha value is -0.910. The fourth-order valence-electron chi connectivity index (χ4n) is 1.25. The molecule has 1 atom stereocenters. The van der Waals surface area contributed by atoms with Crippen LogP contribution in [0.25, 0.3) is 0 Å². The summed E-state index contributed by atoms with van der Waals surface area (Å²) in [6.07, 6.45) is 0.445.